The molecule has 4 fully saturated rings. The van der Waals surface area contributed by atoms with Gasteiger partial charge in [-0.25, -0.2) is 33.7 Å². The Bertz CT molecular complexity index is 6340. The number of sulfonamides is 4. The van der Waals surface area contributed by atoms with Crippen LogP contribution in [-0.4, -0.2) is 146 Å². The van der Waals surface area contributed by atoms with Crippen molar-refractivity contribution in [1.29, 1.82) is 0 Å². The number of ether oxygens (including phenoxy) is 4. The molecule has 0 bridgehead atoms. The third kappa shape index (κ3) is 23.3. The van der Waals surface area contributed by atoms with Crippen LogP contribution >= 0.6 is 0 Å². The summed E-state index contributed by atoms with van der Waals surface area (Å²) >= 11 is 0. The molecule has 0 N–H and O–H groups in total. The Morgan fingerprint density at radius 1 is 0.349 bits per heavy atom. The van der Waals surface area contributed by atoms with Gasteiger partial charge in [0.05, 0.1) is 109 Å². The van der Waals surface area contributed by atoms with Crippen molar-refractivity contribution in [1.82, 2.24) is 39.1 Å². The highest BCUT2D eigenvalue weighted by molar-refractivity contribution is 7.93. The molecule has 0 spiro atoms. The van der Waals surface area contributed by atoms with Gasteiger partial charge < -0.3 is 18.9 Å². The van der Waals surface area contributed by atoms with Gasteiger partial charge in [0.2, 0.25) is 0 Å². The number of anilines is 4. The van der Waals surface area contributed by atoms with Crippen molar-refractivity contribution in [2.75, 3.05) is 90.2 Å². The lowest BCUT2D eigenvalue weighted by Crippen LogP contribution is -2.37. The zero-order valence-corrected chi connectivity index (χ0v) is 79.5. The summed E-state index contributed by atoms with van der Waals surface area (Å²) in [4.78, 5) is 1.17. The Kier molecular flexibility index (Phi) is 31.6. The Morgan fingerprint density at radius 3 is 1.06 bits per heavy atom. The molecule has 3 saturated heterocycles. The van der Waals surface area contributed by atoms with Crippen molar-refractivity contribution in [2.24, 2.45) is 41.4 Å². The van der Waals surface area contributed by atoms with Gasteiger partial charge in [0.1, 0.15) is 5.75 Å². The van der Waals surface area contributed by atoms with E-state index in [1.807, 2.05) is 182 Å². The van der Waals surface area contributed by atoms with Crippen LogP contribution in [0.1, 0.15) is 142 Å². The van der Waals surface area contributed by atoms with Crippen LogP contribution < -0.4 is 22.0 Å². The Hall–Kier alpha value is -10.5. The van der Waals surface area contributed by atoms with Crippen LogP contribution in [0, 0.1) is 41.4 Å². The van der Waals surface area contributed by atoms with Crippen LogP contribution in [0.2, 0.25) is 0 Å². The molecule has 3 aliphatic heterocycles. The number of aromatic nitrogens is 8. The molecule has 28 heteroatoms. The Morgan fingerprint density at radius 2 is 0.705 bits per heavy atom. The van der Waals surface area contributed by atoms with E-state index in [0.29, 0.717) is 89.0 Å². The van der Waals surface area contributed by atoms with Gasteiger partial charge in [-0.1, -0.05) is 142 Å². The van der Waals surface area contributed by atoms with E-state index in [4.69, 9.17) is 18.9 Å². The summed E-state index contributed by atoms with van der Waals surface area (Å²) in [6.07, 6.45) is 19.5. The summed E-state index contributed by atoms with van der Waals surface area (Å²) in [6.45, 7) is 28.1. The molecular weight excluding hydrogens is 1700 g/mol. The maximum Gasteiger partial charge on any atom is 0.264 e. The summed E-state index contributed by atoms with van der Waals surface area (Å²) in [7, 11) is -13.3. The average Bonchev–Trinajstić information content (AvgIpc) is 1.76. The molecule has 17 rings (SSSR count). The molecule has 686 valence electrons. The number of hydrogen-bond donors (Lipinski definition) is 0. The molecule has 0 radical (unpaired) electrons. The molecule has 0 amide bonds. The number of methoxy groups -OCH3 is 1. The minimum absolute atomic E-state index is 0.155. The van der Waals surface area contributed by atoms with E-state index >= 15 is 0 Å². The largest absolute Gasteiger partial charge is 0.497 e. The van der Waals surface area contributed by atoms with Crippen molar-refractivity contribution < 1.29 is 52.6 Å². The Labute approximate surface area is 762 Å². The van der Waals surface area contributed by atoms with Crippen LogP contribution in [-0.2, 0) is 99.7 Å². The first-order chi connectivity index (χ1) is 62.2. The molecule has 1 unspecified atom stereocenters. The molecule has 9 aromatic carbocycles. The van der Waals surface area contributed by atoms with Gasteiger partial charge in [0, 0.05) is 112 Å². The maximum absolute atomic E-state index is 13.8. The van der Waals surface area contributed by atoms with Crippen molar-refractivity contribution in [3.05, 3.63) is 247 Å². The maximum atomic E-state index is 13.8. The van der Waals surface area contributed by atoms with Gasteiger partial charge in [-0.05, 0) is 250 Å². The fourth-order valence-electron chi connectivity index (χ4n) is 17.0. The SMILES string of the molecule is CCc1ccc(N(CC(C)C)S(=O)(=O)c2ccc3c(cnn3CC3CCCOC3)c2)cc1.CCc1ccc(N(CC(C)C)S(=O)(=O)c2ccc3c(cnn3Cc3ccccc3)c2)cc1.CCc1ccc(N(CC2CCC2)S(=O)(=O)c2ccc3c(cnn3CC3CCOCC3)c2)cc1.COc1cccc(N(CC(C)C)S(=O)(=O)c2ccc3c(cnn3CC3CCOCC3)c2)c1. The third-order valence-corrected chi connectivity index (χ3v) is 31.9. The molecular formula is C101H126N12O12S4. The minimum atomic E-state index is -3.76. The number of rotatable bonds is 32. The standard InChI is InChI=1S/C26H33N3O3S.C26H29N3O2S.C25H33N3O3S.C24H31N3O4S/c1-2-20-6-8-24(9-7-20)29(19-21-4-3-5-21)33(30,31)25-10-11-26-23(16-25)17-27-28(26)18-22-12-14-32-15-13-22;1-4-21-10-12-24(13-11-21)29(18-20(2)3)32(30,31)25-14-15-26-23(16-25)17-27-28(26)19-22-8-6-5-7-9-22;1-4-20-7-9-23(10-8-20)28(16-19(2)3)32(29,30)24-11-12-25-22(14-24)15-26-27(25)17-21-6-5-13-31-18-21;1-18(2)16-27(21-5-4-6-22(14-21)30-3)32(28,29)23-7-8-24-20(13-23)15-25-26(24)17-19-9-11-31-12-10-19/h6-11,16-17,21-22H,2-5,12-15,18-19H2,1H3;5-17,20H,4,18-19H2,1-3H3;7-12,14-15,19,21H,4-6,13,16-18H2,1-3H3;4-8,13-15,18-19H,9-12,16-17H2,1-3H3. The number of benzene rings is 9. The predicted octanol–water partition coefficient (Wildman–Crippen LogP) is 19.7. The summed E-state index contributed by atoms with van der Waals surface area (Å²) in [5.41, 5.74) is 11.3. The first kappa shape index (κ1) is 94.7. The zero-order chi connectivity index (χ0) is 91.0. The molecule has 1 aliphatic carbocycles. The highest BCUT2D eigenvalue weighted by Gasteiger charge is 2.34. The van der Waals surface area contributed by atoms with E-state index in [1.165, 1.54) is 36.0 Å². The molecule has 13 aromatic rings. The number of hydrogen-bond acceptors (Lipinski definition) is 16. The van der Waals surface area contributed by atoms with Crippen molar-refractivity contribution in [2.45, 2.75) is 185 Å². The first-order valence-corrected chi connectivity index (χ1v) is 51.6. The predicted molar refractivity (Wildman–Crippen MR) is 516 cm³/mol. The van der Waals surface area contributed by atoms with Gasteiger partial charge in [-0.3, -0.25) is 35.9 Å². The number of fused-ring (bicyclic) bond motifs is 4. The molecule has 1 atom stereocenters. The van der Waals surface area contributed by atoms with Crippen LogP contribution in [0.15, 0.2) is 245 Å². The molecule has 129 heavy (non-hydrogen) atoms. The van der Waals surface area contributed by atoms with Crippen molar-refractivity contribution in [3.63, 3.8) is 0 Å². The molecule has 4 aliphatic rings. The van der Waals surface area contributed by atoms with E-state index < -0.39 is 40.1 Å². The van der Waals surface area contributed by atoms with E-state index in [-0.39, 0.29) is 27.5 Å². The quantitative estimate of drug-likeness (QED) is 0.0379. The topological polar surface area (TPSA) is 258 Å². The van der Waals surface area contributed by atoms with E-state index in [2.05, 4.69) is 53.3 Å². The zero-order valence-electron chi connectivity index (χ0n) is 76.2. The molecule has 24 nitrogen and oxygen atoms in total. The Balaban J connectivity index is 0.000000139. The van der Waals surface area contributed by atoms with E-state index in [0.717, 1.165) is 185 Å². The smallest absolute Gasteiger partial charge is 0.264 e. The van der Waals surface area contributed by atoms with Crippen molar-refractivity contribution in [3.8, 4) is 5.75 Å². The van der Waals surface area contributed by atoms with Gasteiger partial charge in [-0.2, -0.15) is 20.4 Å². The average molecular weight is 1830 g/mol. The second-order valence-corrected chi connectivity index (χ2v) is 43.2. The minimum Gasteiger partial charge on any atom is -0.497 e. The summed E-state index contributed by atoms with van der Waals surface area (Å²) in [5.74, 6) is 3.12. The van der Waals surface area contributed by atoms with Gasteiger partial charge in [-0.15, -0.1) is 0 Å². The van der Waals surface area contributed by atoms with Crippen LogP contribution in [0.3, 0.4) is 0 Å². The summed E-state index contributed by atoms with van der Waals surface area (Å²) in [6, 6.07) is 62.1. The van der Waals surface area contributed by atoms with Crippen molar-refractivity contribution >= 4 is 106 Å². The first-order valence-electron chi connectivity index (χ1n) is 45.8. The number of aryl methyl sites for hydroxylation is 3. The van der Waals surface area contributed by atoms with Gasteiger partial charge in [0.15, 0.2) is 0 Å². The molecule has 4 aromatic heterocycles. The lowest BCUT2D eigenvalue weighted by atomic mass is 9.85. The van der Waals surface area contributed by atoms with Crippen LogP contribution in [0.4, 0.5) is 22.7 Å². The fraction of sp³-hybridized carbons (Fsp3) is 0.426. The molecule has 1 saturated carbocycles. The normalized spacial score (nSPS) is 15.6. The van der Waals surface area contributed by atoms with Crippen LogP contribution in [0.5, 0.6) is 5.75 Å². The summed E-state index contributed by atoms with van der Waals surface area (Å²) in [5, 5.41) is 21.5. The van der Waals surface area contributed by atoms with Crippen LogP contribution in [0.25, 0.3) is 43.6 Å². The monoisotopic (exact) mass is 1830 g/mol. The lowest BCUT2D eigenvalue weighted by Gasteiger charge is -2.33. The molecule has 7 heterocycles. The second-order valence-electron chi connectivity index (χ2n) is 35.7. The third-order valence-electron chi connectivity index (χ3n) is 24.7. The number of nitrogens with zero attached hydrogens (tertiary/aromatic N) is 12. The second kappa shape index (κ2) is 43.1. The highest BCUT2D eigenvalue weighted by atomic mass is 32.2. The fourth-order valence-corrected chi connectivity index (χ4v) is 23.6. The van der Waals surface area contributed by atoms with E-state index in [9.17, 15) is 33.7 Å². The van der Waals surface area contributed by atoms with Gasteiger partial charge >= 0.3 is 0 Å². The van der Waals surface area contributed by atoms with E-state index in [1.54, 1.807) is 103 Å². The van der Waals surface area contributed by atoms with Gasteiger partial charge in [0.25, 0.3) is 40.1 Å². The summed E-state index contributed by atoms with van der Waals surface area (Å²) < 4.78 is 145. The lowest BCUT2D eigenvalue weighted by molar-refractivity contribution is 0.0475. The highest BCUT2D eigenvalue weighted by Crippen LogP contribution is 2.38.